The molecule has 1 aliphatic carbocycles. The van der Waals surface area contributed by atoms with Crippen molar-refractivity contribution in [1.82, 2.24) is 5.32 Å². The van der Waals surface area contributed by atoms with Crippen molar-refractivity contribution in [3.05, 3.63) is 34.1 Å². The molecule has 0 spiro atoms. The molecule has 0 aromatic heterocycles. The number of rotatable bonds is 4. The summed E-state index contributed by atoms with van der Waals surface area (Å²) in [7, 11) is 0. The molecule has 2 nitrogen and oxygen atoms in total. The zero-order valence-corrected chi connectivity index (χ0v) is 12.8. The van der Waals surface area contributed by atoms with Crippen molar-refractivity contribution >= 4 is 15.9 Å². The van der Waals surface area contributed by atoms with E-state index in [1.165, 1.54) is 44.6 Å². The highest BCUT2D eigenvalue weighted by Crippen LogP contribution is 2.26. The molecular weight excluding hydrogens is 307 g/mol. The van der Waals surface area contributed by atoms with E-state index in [4.69, 9.17) is 5.73 Å². The first-order valence-corrected chi connectivity index (χ1v) is 7.91. The van der Waals surface area contributed by atoms with Crippen LogP contribution in [0.4, 0.5) is 4.39 Å². The predicted molar refractivity (Wildman–Crippen MR) is 80.5 cm³/mol. The van der Waals surface area contributed by atoms with Crippen molar-refractivity contribution in [2.45, 2.75) is 50.6 Å². The van der Waals surface area contributed by atoms with E-state index >= 15 is 0 Å². The lowest BCUT2D eigenvalue weighted by Crippen LogP contribution is -2.36. The van der Waals surface area contributed by atoms with E-state index in [0.29, 0.717) is 12.6 Å². The summed E-state index contributed by atoms with van der Waals surface area (Å²) in [6.07, 6.45) is 7.61. The van der Waals surface area contributed by atoms with Crippen LogP contribution in [0.5, 0.6) is 0 Å². The Balaban J connectivity index is 2.08. The molecule has 0 heterocycles. The first kappa shape index (κ1) is 14.9. The average molecular weight is 329 g/mol. The topological polar surface area (TPSA) is 38.0 Å². The third-order valence-corrected chi connectivity index (χ3v) is 4.58. The fourth-order valence-corrected chi connectivity index (χ4v) is 3.32. The van der Waals surface area contributed by atoms with Gasteiger partial charge < -0.3 is 11.1 Å². The zero-order chi connectivity index (χ0) is 13.7. The minimum absolute atomic E-state index is 0.0215. The molecule has 1 atom stereocenters. The van der Waals surface area contributed by atoms with Crippen molar-refractivity contribution in [1.29, 1.82) is 0 Å². The summed E-state index contributed by atoms with van der Waals surface area (Å²) in [5, 5.41) is 3.61. The van der Waals surface area contributed by atoms with E-state index in [1.54, 1.807) is 12.1 Å². The molecule has 0 amide bonds. The Bertz CT molecular complexity index is 403. The van der Waals surface area contributed by atoms with Crippen molar-refractivity contribution < 1.29 is 4.39 Å². The second-order valence-corrected chi connectivity index (χ2v) is 6.16. The molecule has 106 valence electrons. The van der Waals surface area contributed by atoms with Crippen LogP contribution in [-0.2, 0) is 0 Å². The summed E-state index contributed by atoms with van der Waals surface area (Å²) in [5.74, 6) is -0.209. The van der Waals surface area contributed by atoms with Crippen molar-refractivity contribution in [3.8, 4) is 0 Å². The quantitative estimate of drug-likeness (QED) is 0.822. The maximum Gasteiger partial charge on any atom is 0.123 e. The van der Waals surface area contributed by atoms with Gasteiger partial charge in [0.25, 0.3) is 0 Å². The summed E-state index contributed by atoms with van der Waals surface area (Å²) < 4.78 is 14.3. The number of halogens is 2. The highest BCUT2D eigenvalue weighted by atomic mass is 79.9. The monoisotopic (exact) mass is 328 g/mol. The van der Waals surface area contributed by atoms with Gasteiger partial charge >= 0.3 is 0 Å². The molecule has 19 heavy (non-hydrogen) atoms. The third-order valence-electron chi connectivity index (χ3n) is 3.86. The van der Waals surface area contributed by atoms with E-state index in [2.05, 4.69) is 21.2 Å². The Morgan fingerprint density at radius 3 is 2.58 bits per heavy atom. The summed E-state index contributed by atoms with van der Waals surface area (Å²) in [6, 6.07) is 5.32. The molecule has 4 heteroatoms. The SMILES string of the molecule is NCC(NC1CCCCCC1)c1cc(F)ccc1Br. The molecule has 1 unspecified atom stereocenters. The van der Waals surface area contributed by atoms with E-state index in [-0.39, 0.29) is 11.9 Å². The predicted octanol–water partition coefficient (Wildman–Crippen LogP) is 3.90. The van der Waals surface area contributed by atoms with Crippen LogP contribution in [0.25, 0.3) is 0 Å². The van der Waals surface area contributed by atoms with Gasteiger partial charge in [-0.3, -0.25) is 0 Å². The lowest BCUT2D eigenvalue weighted by Gasteiger charge is -2.25. The van der Waals surface area contributed by atoms with Crippen LogP contribution >= 0.6 is 15.9 Å². The smallest absolute Gasteiger partial charge is 0.123 e. The molecular formula is C15H22BrFN2. The minimum atomic E-state index is -0.209. The Labute approximate surface area is 123 Å². The van der Waals surface area contributed by atoms with Gasteiger partial charge in [-0.2, -0.15) is 0 Å². The van der Waals surface area contributed by atoms with Gasteiger partial charge in [-0.1, -0.05) is 41.6 Å². The Morgan fingerprint density at radius 1 is 1.26 bits per heavy atom. The van der Waals surface area contributed by atoms with Crippen LogP contribution in [0.3, 0.4) is 0 Å². The molecule has 1 fully saturated rings. The van der Waals surface area contributed by atoms with E-state index in [1.807, 2.05) is 0 Å². The van der Waals surface area contributed by atoms with Crippen LogP contribution in [0, 0.1) is 5.82 Å². The summed E-state index contributed by atoms with van der Waals surface area (Å²) in [5.41, 5.74) is 6.80. The van der Waals surface area contributed by atoms with Crippen molar-refractivity contribution in [2.24, 2.45) is 5.73 Å². The van der Waals surface area contributed by atoms with Crippen LogP contribution < -0.4 is 11.1 Å². The number of hydrogen-bond acceptors (Lipinski definition) is 2. The van der Waals surface area contributed by atoms with Gasteiger partial charge in [0.1, 0.15) is 5.82 Å². The number of benzene rings is 1. The van der Waals surface area contributed by atoms with Crippen LogP contribution in [0.15, 0.2) is 22.7 Å². The summed E-state index contributed by atoms with van der Waals surface area (Å²) in [6.45, 7) is 0.485. The Morgan fingerprint density at radius 2 is 1.95 bits per heavy atom. The molecule has 0 aliphatic heterocycles. The lowest BCUT2D eigenvalue weighted by molar-refractivity contribution is 0.401. The lowest BCUT2D eigenvalue weighted by atomic mass is 10.0. The largest absolute Gasteiger partial charge is 0.329 e. The van der Waals surface area contributed by atoms with Gasteiger partial charge in [0.15, 0.2) is 0 Å². The van der Waals surface area contributed by atoms with Gasteiger partial charge in [-0.15, -0.1) is 0 Å². The van der Waals surface area contributed by atoms with Gasteiger partial charge in [0, 0.05) is 23.1 Å². The van der Waals surface area contributed by atoms with Gasteiger partial charge in [0.05, 0.1) is 0 Å². The Kier molecular flexibility index (Phi) is 5.79. The maximum atomic E-state index is 13.4. The van der Waals surface area contributed by atoms with Gasteiger partial charge in [0.2, 0.25) is 0 Å². The fourth-order valence-electron chi connectivity index (χ4n) is 2.80. The first-order valence-electron chi connectivity index (χ1n) is 7.12. The van der Waals surface area contributed by atoms with Crippen LogP contribution in [0.1, 0.15) is 50.1 Å². The molecule has 1 aliphatic rings. The number of nitrogens with one attached hydrogen (secondary N) is 1. The Hall–Kier alpha value is -0.450. The second-order valence-electron chi connectivity index (χ2n) is 5.31. The molecule has 0 radical (unpaired) electrons. The highest BCUT2D eigenvalue weighted by Gasteiger charge is 2.19. The molecule has 1 aromatic carbocycles. The first-order chi connectivity index (χ1) is 9.20. The van der Waals surface area contributed by atoms with Crippen molar-refractivity contribution in [3.63, 3.8) is 0 Å². The van der Waals surface area contributed by atoms with Crippen LogP contribution in [-0.4, -0.2) is 12.6 Å². The summed E-state index contributed by atoms with van der Waals surface area (Å²) >= 11 is 3.49. The average Bonchev–Trinajstić information content (AvgIpc) is 2.67. The normalized spacial score (nSPS) is 19.1. The summed E-state index contributed by atoms with van der Waals surface area (Å²) in [4.78, 5) is 0. The fraction of sp³-hybridized carbons (Fsp3) is 0.600. The molecule has 0 bridgehead atoms. The van der Waals surface area contributed by atoms with Crippen LogP contribution in [0.2, 0.25) is 0 Å². The molecule has 2 rings (SSSR count). The van der Waals surface area contributed by atoms with Gasteiger partial charge in [-0.05, 0) is 36.6 Å². The number of hydrogen-bond donors (Lipinski definition) is 2. The maximum absolute atomic E-state index is 13.4. The number of nitrogens with two attached hydrogens (primary N) is 1. The zero-order valence-electron chi connectivity index (χ0n) is 11.2. The highest BCUT2D eigenvalue weighted by molar-refractivity contribution is 9.10. The molecule has 3 N–H and O–H groups in total. The van der Waals surface area contributed by atoms with Gasteiger partial charge in [-0.25, -0.2) is 4.39 Å². The van der Waals surface area contributed by atoms with Crippen molar-refractivity contribution in [2.75, 3.05) is 6.54 Å². The molecule has 0 saturated heterocycles. The molecule has 1 saturated carbocycles. The van der Waals surface area contributed by atoms with E-state index in [9.17, 15) is 4.39 Å². The second kappa shape index (κ2) is 7.36. The third kappa shape index (κ3) is 4.26. The van der Waals surface area contributed by atoms with E-state index in [0.717, 1.165) is 10.0 Å². The molecule has 1 aromatic rings. The minimum Gasteiger partial charge on any atom is -0.329 e. The standard InChI is InChI=1S/C15H22BrFN2/c16-14-8-7-11(17)9-13(14)15(10-18)19-12-5-3-1-2-4-6-12/h7-9,12,15,19H,1-6,10,18H2. The van der Waals surface area contributed by atoms with E-state index < -0.39 is 0 Å².